The number of rotatable bonds is 4. The largest absolute Gasteiger partial charge is 0.478 e. The van der Waals surface area contributed by atoms with Crippen molar-refractivity contribution in [2.75, 3.05) is 13.6 Å². The number of carboxylic acids is 1. The van der Waals surface area contributed by atoms with E-state index in [0.717, 1.165) is 0 Å². The van der Waals surface area contributed by atoms with Gasteiger partial charge in [-0.05, 0) is 26.1 Å². The van der Waals surface area contributed by atoms with E-state index in [-0.39, 0.29) is 11.0 Å². The maximum Gasteiger partial charge on any atom is 0.339 e. The second-order valence-electron chi connectivity index (χ2n) is 3.55. The molecule has 1 heterocycles. The fourth-order valence-electron chi connectivity index (χ4n) is 1.40. The van der Waals surface area contributed by atoms with Gasteiger partial charge in [0, 0.05) is 16.8 Å². The Kier molecular flexibility index (Phi) is 4.54. The van der Waals surface area contributed by atoms with Crippen molar-refractivity contribution in [3.63, 3.8) is 0 Å². The molecule has 0 aliphatic heterocycles. The van der Waals surface area contributed by atoms with Crippen molar-refractivity contribution in [3.05, 3.63) is 33.6 Å². The van der Waals surface area contributed by atoms with E-state index < -0.39 is 5.97 Å². The molecule has 2 N–H and O–H groups in total. The van der Waals surface area contributed by atoms with Crippen LogP contribution in [0.5, 0.6) is 0 Å². The summed E-state index contributed by atoms with van der Waals surface area (Å²) in [5.74, 6) is -0.486. The number of carbonyl (C=O) groups is 1. The summed E-state index contributed by atoms with van der Waals surface area (Å²) in [6.07, 6.45) is 1.37. The van der Waals surface area contributed by atoms with Crippen LogP contribution in [0.2, 0.25) is 0 Å². The smallest absolute Gasteiger partial charge is 0.339 e. The number of likely N-dealkylation sites (N-methyl/N-ethyl adjacent to an activating group) is 1. The van der Waals surface area contributed by atoms with E-state index in [1.165, 1.54) is 6.08 Å². The average Bonchev–Trinajstić information content (AvgIpc) is 2.54. The lowest BCUT2D eigenvalue weighted by Crippen LogP contribution is -2.24. The van der Waals surface area contributed by atoms with Crippen LogP contribution in [0, 0.1) is 6.92 Å². The number of nitrogens with one attached hydrogen (secondary N) is 1. The summed E-state index contributed by atoms with van der Waals surface area (Å²) in [7, 11) is 1.72. The predicted molar refractivity (Wildman–Crippen MR) is 67.1 cm³/mol. The molecule has 0 aliphatic carbocycles. The molecular weight excluding hydrogens is 242 g/mol. The molecule has 5 heteroatoms. The van der Waals surface area contributed by atoms with Crippen LogP contribution in [-0.4, -0.2) is 24.7 Å². The molecule has 0 saturated carbocycles. The number of aryl methyl sites for hydroxylation is 1. The molecule has 4 nitrogen and oxygen atoms in total. The fraction of sp³-hybridized carbons (Fsp3) is 0.250. The number of furan rings is 1. The van der Waals surface area contributed by atoms with Gasteiger partial charge in [-0.15, -0.1) is 0 Å². The SMILES string of the molecule is C=c1cc(C)o/c1=C(/C=C(/Cl)CNC)C(=O)O. The van der Waals surface area contributed by atoms with E-state index in [1.807, 2.05) is 0 Å². The molecule has 0 fully saturated rings. The Morgan fingerprint density at radius 3 is 2.76 bits per heavy atom. The zero-order valence-electron chi connectivity index (χ0n) is 9.71. The van der Waals surface area contributed by atoms with Gasteiger partial charge in [0.05, 0.1) is 0 Å². The Hall–Kier alpha value is -1.52. The highest BCUT2D eigenvalue weighted by molar-refractivity contribution is 6.31. The zero-order chi connectivity index (χ0) is 13.0. The van der Waals surface area contributed by atoms with Gasteiger partial charge in [0.1, 0.15) is 16.7 Å². The molecule has 0 bridgehead atoms. The van der Waals surface area contributed by atoms with Crippen molar-refractivity contribution in [2.24, 2.45) is 0 Å². The molecule has 0 amide bonds. The van der Waals surface area contributed by atoms with Gasteiger partial charge in [0.2, 0.25) is 0 Å². The van der Waals surface area contributed by atoms with Crippen LogP contribution < -0.4 is 16.0 Å². The molecule has 0 saturated heterocycles. The molecule has 17 heavy (non-hydrogen) atoms. The predicted octanol–water partition coefficient (Wildman–Crippen LogP) is 0.576. The minimum absolute atomic E-state index is 0.00310. The number of halogens is 1. The van der Waals surface area contributed by atoms with Gasteiger partial charge in [-0.3, -0.25) is 0 Å². The first-order valence-corrected chi connectivity index (χ1v) is 5.37. The standard InChI is InChI=1S/C12H14ClNO3/c1-7-4-8(2)17-11(7)10(12(15)16)5-9(13)6-14-3/h4-5,14H,1,6H2,2-3H3,(H,15,16)/b9-5+,11-10-. The van der Waals surface area contributed by atoms with Gasteiger partial charge in [-0.25, -0.2) is 4.79 Å². The third-order valence-electron chi connectivity index (χ3n) is 2.05. The van der Waals surface area contributed by atoms with Crippen molar-refractivity contribution in [3.8, 4) is 0 Å². The molecule has 0 aliphatic rings. The van der Waals surface area contributed by atoms with Crippen LogP contribution in [0.15, 0.2) is 21.6 Å². The zero-order valence-corrected chi connectivity index (χ0v) is 10.5. The lowest BCUT2D eigenvalue weighted by Gasteiger charge is -1.97. The van der Waals surface area contributed by atoms with Crippen LogP contribution in [-0.2, 0) is 4.79 Å². The van der Waals surface area contributed by atoms with E-state index in [0.29, 0.717) is 22.6 Å². The second-order valence-corrected chi connectivity index (χ2v) is 4.04. The summed E-state index contributed by atoms with van der Waals surface area (Å²) in [5.41, 5.74) is 0.243. The normalized spacial score (nSPS) is 13.7. The molecule has 0 aromatic carbocycles. The molecule has 1 aromatic heterocycles. The maximum absolute atomic E-state index is 11.2. The van der Waals surface area contributed by atoms with Gasteiger partial charge >= 0.3 is 5.97 Å². The topological polar surface area (TPSA) is 62.5 Å². The Morgan fingerprint density at radius 2 is 2.35 bits per heavy atom. The highest BCUT2D eigenvalue weighted by Gasteiger charge is 2.10. The maximum atomic E-state index is 11.2. The number of hydrogen-bond donors (Lipinski definition) is 2. The van der Waals surface area contributed by atoms with Crippen LogP contribution >= 0.6 is 11.6 Å². The first-order chi connectivity index (χ1) is 7.95. The summed E-state index contributed by atoms with van der Waals surface area (Å²) < 4.78 is 5.31. The molecule has 1 aromatic rings. The minimum atomic E-state index is -1.10. The summed E-state index contributed by atoms with van der Waals surface area (Å²) in [5, 5.41) is 12.9. The van der Waals surface area contributed by atoms with E-state index in [9.17, 15) is 4.79 Å². The quantitative estimate of drug-likeness (QED) is 0.826. The summed E-state index contributed by atoms with van der Waals surface area (Å²) in [6, 6.07) is 1.68. The number of hydrogen-bond acceptors (Lipinski definition) is 3. The van der Waals surface area contributed by atoms with Crippen LogP contribution in [0.3, 0.4) is 0 Å². The summed E-state index contributed by atoms with van der Waals surface area (Å²) in [6.45, 7) is 5.86. The van der Waals surface area contributed by atoms with E-state index >= 15 is 0 Å². The lowest BCUT2D eigenvalue weighted by molar-refractivity contribution is -0.130. The molecule has 0 atom stereocenters. The monoisotopic (exact) mass is 255 g/mol. The Labute approximate surface area is 104 Å². The van der Waals surface area contributed by atoms with Crippen molar-refractivity contribution < 1.29 is 14.3 Å². The lowest BCUT2D eigenvalue weighted by atomic mass is 10.2. The summed E-state index contributed by atoms with van der Waals surface area (Å²) in [4.78, 5) is 11.2. The molecular formula is C12H14ClNO3. The first kappa shape index (κ1) is 13.5. The molecule has 0 spiro atoms. The van der Waals surface area contributed by atoms with Crippen molar-refractivity contribution in [1.29, 1.82) is 0 Å². The van der Waals surface area contributed by atoms with E-state index in [1.54, 1.807) is 20.0 Å². The fourth-order valence-corrected chi connectivity index (χ4v) is 1.64. The molecule has 92 valence electrons. The van der Waals surface area contributed by atoms with E-state index in [4.69, 9.17) is 21.1 Å². The molecule has 0 radical (unpaired) electrons. The Balaban J connectivity index is 3.43. The van der Waals surface area contributed by atoms with Crippen LogP contribution in [0.4, 0.5) is 0 Å². The van der Waals surface area contributed by atoms with Crippen molar-refractivity contribution in [2.45, 2.75) is 6.92 Å². The van der Waals surface area contributed by atoms with Gasteiger partial charge < -0.3 is 14.8 Å². The highest BCUT2D eigenvalue weighted by atomic mass is 35.5. The van der Waals surface area contributed by atoms with Gasteiger partial charge in [0.25, 0.3) is 0 Å². The summed E-state index contributed by atoms with van der Waals surface area (Å²) >= 11 is 5.88. The Bertz CT molecular complexity index is 557. The second kappa shape index (κ2) is 5.70. The highest BCUT2D eigenvalue weighted by Crippen LogP contribution is 2.06. The Morgan fingerprint density at radius 1 is 1.71 bits per heavy atom. The van der Waals surface area contributed by atoms with Gasteiger partial charge in [-0.1, -0.05) is 18.2 Å². The van der Waals surface area contributed by atoms with Crippen LogP contribution in [0.1, 0.15) is 5.76 Å². The molecule has 1 rings (SSSR count). The van der Waals surface area contributed by atoms with Crippen molar-refractivity contribution >= 4 is 29.7 Å². The van der Waals surface area contributed by atoms with E-state index in [2.05, 4.69) is 11.9 Å². The minimum Gasteiger partial charge on any atom is -0.478 e. The van der Waals surface area contributed by atoms with Gasteiger partial charge in [-0.2, -0.15) is 0 Å². The van der Waals surface area contributed by atoms with Gasteiger partial charge in [0.15, 0.2) is 0 Å². The van der Waals surface area contributed by atoms with Crippen molar-refractivity contribution in [1.82, 2.24) is 5.32 Å². The molecule has 0 unspecified atom stereocenters. The third-order valence-corrected chi connectivity index (χ3v) is 2.30. The number of carboxylic acid groups (broad SMARTS) is 1. The van der Waals surface area contributed by atoms with Crippen LogP contribution in [0.25, 0.3) is 12.2 Å². The third kappa shape index (κ3) is 3.47. The average molecular weight is 256 g/mol. The first-order valence-electron chi connectivity index (χ1n) is 4.99. The number of aliphatic carboxylic acids is 1.